The van der Waals surface area contributed by atoms with Crippen LogP contribution in [0.5, 0.6) is 11.5 Å². The van der Waals surface area contributed by atoms with Crippen LogP contribution >= 0.6 is 34.5 Å². The Hall–Kier alpha value is -4.92. The Bertz CT molecular complexity index is 2250. The number of amides is 4. The number of anilines is 1. The molecule has 278 valence electrons. The zero-order valence-corrected chi connectivity index (χ0v) is 30.5. The maximum atomic E-state index is 15.3. The molecule has 2 aliphatic heterocycles. The smallest absolute Gasteiger partial charge is 0.417 e. The first-order valence-corrected chi connectivity index (χ1v) is 18.5. The van der Waals surface area contributed by atoms with Crippen molar-refractivity contribution in [3.63, 3.8) is 0 Å². The second-order valence-electron chi connectivity index (χ2n) is 13.7. The van der Waals surface area contributed by atoms with Gasteiger partial charge in [0, 0.05) is 27.6 Å². The van der Waals surface area contributed by atoms with E-state index < -0.39 is 69.5 Å². The number of halogens is 5. The van der Waals surface area contributed by atoms with Crippen LogP contribution in [-0.4, -0.2) is 50.7 Å². The van der Waals surface area contributed by atoms with Crippen LogP contribution in [0.15, 0.2) is 83.9 Å². The van der Waals surface area contributed by atoms with Crippen molar-refractivity contribution >= 4 is 64.0 Å². The number of pyridine rings is 1. The lowest BCUT2D eigenvalue weighted by atomic mass is 9.49. The van der Waals surface area contributed by atoms with E-state index in [1.807, 2.05) is 23.6 Å². The Morgan fingerprint density at radius 1 is 1.02 bits per heavy atom. The molecule has 2 aromatic carbocycles. The average Bonchev–Trinajstić information content (AvgIpc) is 3.81. The monoisotopic (exact) mass is 796 g/mol. The van der Waals surface area contributed by atoms with Crippen molar-refractivity contribution in [3.05, 3.63) is 116 Å². The molecular formula is C38H29Cl2F3N4O6S. The van der Waals surface area contributed by atoms with Gasteiger partial charge in [0.1, 0.15) is 11.5 Å². The number of nitrogens with one attached hydrogen (secondary N) is 1. The van der Waals surface area contributed by atoms with E-state index in [1.54, 1.807) is 30.3 Å². The van der Waals surface area contributed by atoms with Gasteiger partial charge in [-0.25, -0.2) is 4.98 Å². The van der Waals surface area contributed by atoms with Crippen LogP contribution in [0.3, 0.4) is 0 Å². The molecule has 2 aliphatic carbocycles. The van der Waals surface area contributed by atoms with Gasteiger partial charge in [0.05, 0.1) is 47.4 Å². The number of hydrazine groups is 1. The van der Waals surface area contributed by atoms with E-state index in [-0.39, 0.29) is 42.4 Å². The lowest BCUT2D eigenvalue weighted by Gasteiger charge is -2.50. The Labute approximate surface area is 320 Å². The number of carbonyl (C=O) groups excluding carboxylic acids is 4. The van der Waals surface area contributed by atoms with Gasteiger partial charge in [0.25, 0.3) is 11.8 Å². The van der Waals surface area contributed by atoms with Crippen molar-refractivity contribution < 1.29 is 42.2 Å². The highest BCUT2D eigenvalue weighted by molar-refractivity contribution is 7.09. The van der Waals surface area contributed by atoms with Crippen LogP contribution in [0.1, 0.15) is 40.3 Å². The first-order valence-electron chi connectivity index (χ1n) is 16.8. The summed E-state index contributed by atoms with van der Waals surface area (Å²) in [6.07, 6.45) is -2.28. The van der Waals surface area contributed by atoms with Gasteiger partial charge in [-0.3, -0.25) is 29.5 Å². The number of imide groups is 2. The molecule has 1 saturated carbocycles. The molecule has 4 heterocycles. The Morgan fingerprint density at radius 3 is 2.44 bits per heavy atom. The van der Waals surface area contributed by atoms with E-state index in [0.717, 1.165) is 4.88 Å². The normalized spacial score (nSPS) is 26.4. The maximum Gasteiger partial charge on any atom is 0.417 e. The lowest BCUT2D eigenvalue weighted by molar-refractivity contribution is -0.142. The van der Waals surface area contributed by atoms with Crippen molar-refractivity contribution in [1.29, 1.82) is 0 Å². The third-order valence-electron chi connectivity index (χ3n) is 11.1. The highest BCUT2D eigenvalue weighted by atomic mass is 35.5. The molecule has 2 saturated heterocycles. The molecule has 6 atom stereocenters. The molecule has 2 N–H and O–H groups in total. The molecule has 0 spiro atoms. The minimum absolute atomic E-state index is 0.0559. The standard InChI is InChI=1S/C38H29Cl2F3N4O6S/c1-53-21-8-11-29(48)26(14-21)31-23-9-10-24-30(35(51)46(33(24)49)17-22-3-2-12-54-22)25(23)15-27-34(50)47(36(52)37(27,31)18-4-6-20(39)7-5-18)45-32-28(40)13-19(16-44-32)38(41,42)43/h2-9,11-14,16,24-25,27,30-31,48H,10,15,17H2,1H3,(H,44,45). The summed E-state index contributed by atoms with van der Waals surface area (Å²) in [5, 5.41) is 14.0. The highest BCUT2D eigenvalue weighted by Crippen LogP contribution is 2.65. The number of phenols is 1. The Kier molecular flexibility index (Phi) is 8.77. The predicted octanol–water partition coefficient (Wildman–Crippen LogP) is 7.37. The quantitative estimate of drug-likeness (QED) is 0.147. The molecule has 3 fully saturated rings. The van der Waals surface area contributed by atoms with Crippen molar-refractivity contribution in [1.82, 2.24) is 14.9 Å². The van der Waals surface area contributed by atoms with E-state index in [1.165, 1.54) is 35.5 Å². The second-order valence-corrected chi connectivity index (χ2v) is 15.6. The van der Waals surface area contributed by atoms with Crippen molar-refractivity contribution in [2.24, 2.45) is 23.7 Å². The number of likely N-dealkylation sites (tertiary alicyclic amines) is 1. The number of fused-ring (bicyclic) bond motifs is 4. The number of methoxy groups -OCH3 is 1. The molecule has 4 aromatic rings. The average molecular weight is 798 g/mol. The zero-order chi connectivity index (χ0) is 38.3. The first kappa shape index (κ1) is 36.1. The number of benzene rings is 2. The minimum atomic E-state index is -4.76. The number of ether oxygens (including phenoxy) is 1. The van der Waals surface area contributed by atoms with E-state index in [4.69, 9.17) is 27.9 Å². The number of carbonyl (C=O) groups is 4. The number of alkyl halides is 3. The molecule has 4 aliphatic rings. The first-order chi connectivity index (χ1) is 25.7. The van der Waals surface area contributed by atoms with Gasteiger partial charge in [0.2, 0.25) is 11.8 Å². The number of nitrogens with zero attached hydrogens (tertiary/aromatic N) is 3. The lowest BCUT2D eigenvalue weighted by Crippen LogP contribution is -2.53. The fourth-order valence-corrected chi connectivity index (χ4v) is 9.82. The highest BCUT2D eigenvalue weighted by Gasteiger charge is 2.70. The molecule has 16 heteroatoms. The number of aromatic hydroxyl groups is 1. The third-order valence-corrected chi connectivity index (χ3v) is 12.5. The molecule has 8 rings (SSSR count). The van der Waals surface area contributed by atoms with Gasteiger partial charge in [-0.15, -0.1) is 11.3 Å². The Balaban J connectivity index is 1.31. The van der Waals surface area contributed by atoms with E-state index >= 15 is 4.79 Å². The Morgan fingerprint density at radius 2 is 1.78 bits per heavy atom. The number of rotatable bonds is 7. The fraction of sp³-hybridized carbons (Fsp3) is 0.289. The molecule has 6 unspecified atom stereocenters. The second kappa shape index (κ2) is 13.1. The molecule has 4 amide bonds. The molecule has 0 bridgehead atoms. The van der Waals surface area contributed by atoms with Gasteiger partial charge in [-0.1, -0.05) is 53.1 Å². The summed E-state index contributed by atoms with van der Waals surface area (Å²) >= 11 is 14.0. The molecule has 10 nitrogen and oxygen atoms in total. The summed E-state index contributed by atoms with van der Waals surface area (Å²) in [5.74, 6) is -7.20. The summed E-state index contributed by atoms with van der Waals surface area (Å²) in [6.45, 7) is 0.0959. The number of aromatic nitrogens is 1. The van der Waals surface area contributed by atoms with Crippen molar-refractivity contribution in [2.45, 2.75) is 36.9 Å². The number of thiophene rings is 1. The van der Waals surface area contributed by atoms with E-state index in [2.05, 4.69) is 10.4 Å². The fourth-order valence-electron chi connectivity index (χ4n) is 8.80. The van der Waals surface area contributed by atoms with Crippen LogP contribution in [0.2, 0.25) is 10.0 Å². The van der Waals surface area contributed by atoms with Crippen LogP contribution in [-0.2, 0) is 37.3 Å². The topological polar surface area (TPSA) is 129 Å². The van der Waals surface area contributed by atoms with Gasteiger partial charge >= 0.3 is 6.18 Å². The molecule has 0 radical (unpaired) electrons. The summed E-state index contributed by atoms with van der Waals surface area (Å²) < 4.78 is 45.9. The summed E-state index contributed by atoms with van der Waals surface area (Å²) in [7, 11) is 1.43. The minimum Gasteiger partial charge on any atom is -0.508 e. The third kappa shape index (κ3) is 5.48. The van der Waals surface area contributed by atoms with Crippen molar-refractivity contribution in [2.75, 3.05) is 12.5 Å². The van der Waals surface area contributed by atoms with Crippen LogP contribution in [0, 0.1) is 23.7 Å². The molecule has 54 heavy (non-hydrogen) atoms. The predicted molar refractivity (Wildman–Crippen MR) is 191 cm³/mol. The largest absolute Gasteiger partial charge is 0.508 e. The van der Waals surface area contributed by atoms with Gasteiger partial charge in [-0.05, 0) is 72.2 Å². The van der Waals surface area contributed by atoms with E-state index in [0.29, 0.717) is 39.2 Å². The zero-order valence-electron chi connectivity index (χ0n) is 28.1. The summed E-state index contributed by atoms with van der Waals surface area (Å²) in [6, 6.07) is 15.1. The number of hydrogen-bond donors (Lipinski definition) is 2. The summed E-state index contributed by atoms with van der Waals surface area (Å²) in [5.41, 5.74) is 0.816. The van der Waals surface area contributed by atoms with Crippen LogP contribution in [0.25, 0.3) is 0 Å². The number of hydrogen-bond acceptors (Lipinski definition) is 9. The van der Waals surface area contributed by atoms with E-state index in [9.17, 15) is 32.7 Å². The van der Waals surface area contributed by atoms with Crippen molar-refractivity contribution in [3.8, 4) is 11.5 Å². The maximum absolute atomic E-state index is 15.3. The van der Waals surface area contributed by atoms with Gasteiger partial charge in [0.15, 0.2) is 5.82 Å². The van der Waals surface area contributed by atoms with Gasteiger partial charge in [-0.2, -0.15) is 18.2 Å². The van der Waals surface area contributed by atoms with Crippen LogP contribution < -0.4 is 10.2 Å². The number of allylic oxidation sites excluding steroid dienone is 2. The molecule has 2 aromatic heterocycles. The molecular weight excluding hydrogens is 768 g/mol. The summed E-state index contributed by atoms with van der Waals surface area (Å²) in [4.78, 5) is 64.2. The van der Waals surface area contributed by atoms with Crippen LogP contribution in [0.4, 0.5) is 19.0 Å². The SMILES string of the molecule is COc1ccc(O)c(C2C3=CCC4C(=O)N(Cc5cccs5)C(=O)C4C3CC3C(=O)N(Nc4ncc(C(F)(F)F)cc4Cl)C(=O)C32c2ccc(Cl)cc2)c1. The number of phenolic OH excluding ortho intramolecular Hbond substituents is 1. The van der Waals surface area contributed by atoms with Gasteiger partial charge < -0.3 is 9.84 Å².